The Bertz CT molecular complexity index is 953. The van der Waals surface area contributed by atoms with Crippen molar-refractivity contribution in [2.24, 2.45) is 0 Å². The Hall–Kier alpha value is -3.61. The third kappa shape index (κ3) is 4.03. The molecular weight excluding hydrogens is 358 g/mol. The van der Waals surface area contributed by atoms with Crippen molar-refractivity contribution >= 4 is 5.91 Å². The number of aromatic nitrogens is 2. The van der Waals surface area contributed by atoms with E-state index in [1.165, 1.54) is 14.2 Å². The summed E-state index contributed by atoms with van der Waals surface area (Å²) in [5.74, 6) is 1.40. The van der Waals surface area contributed by atoms with Crippen molar-refractivity contribution in [3.05, 3.63) is 72.6 Å². The van der Waals surface area contributed by atoms with Gasteiger partial charge in [0.15, 0.2) is 11.5 Å². The van der Waals surface area contributed by atoms with Gasteiger partial charge < -0.3 is 18.9 Å². The number of carbonyl (C=O) groups is 1. The van der Waals surface area contributed by atoms with Gasteiger partial charge in [-0.05, 0) is 12.1 Å². The predicted molar refractivity (Wildman–Crippen MR) is 104 cm³/mol. The maximum Gasteiger partial charge on any atom is 0.258 e. The number of methoxy groups -OCH3 is 2. The molecule has 0 aliphatic carbocycles. The van der Waals surface area contributed by atoms with E-state index in [2.05, 4.69) is 16.7 Å². The Morgan fingerprint density at radius 1 is 1.14 bits per heavy atom. The Labute approximate surface area is 163 Å². The second-order valence-corrected chi connectivity index (χ2v) is 5.89. The largest absolute Gasteiger partial charge is 0.493 e. The minimum Gasteiger partial charge on any atom is -0.493 e. The van der Waals surface area contributed by atoms with Crippen LogP contribution in [0.2, 0.25) is 0 Å². The molecule has 0 aliphatic heterocycles. The molecule has 0 N–H and O–H groups in total. The smallest absolute Gasteiger partial charge is 0.258 e. The number of hydrogen-bond donors (Lipinski definition) is 0. The van der Waals surface area contributed by atoms with Crippen molar-refractivity contribution in [2.75, 3.05) is 20.8 Å². The lowest BCUT2D eigenvalue weighted by Gasteiger charge is -2.21. The molecule has 1 heterocycles. The van der Waals surface area contributed by atoms with Crippen molar-refractivity contribution in [1.29, 1.82) is 0 Å². The second kappa shape index (κ2) is 8.85. The molecule has 1 aromatic heterocycles. The number of rotatable bonds is 8. The lowest BCUT2D eigenvalue weighted by Crippen LogP contribution is -2.31. The van der Waals surface area contributed by atoms with Crippen molar-refractivity contribution in [2.45, 2.75) is 6.54 Å². The van der Waals surface area contributed by atoms with Crippen LogP contribution in [0.1, 0.15) is 16.2 Å². The zero-order chi connectivity index (χ0) is 19.9. The first-order valence-electron chi connectivity index (χ1n) is 8.67. The van der Waals surface area contributed by atoms with Crippen LogP contribution in [0.5, 0.6) is 11.5 Å². The number of ether oxygens (including phenoxy) is 2. The van der Waals surface area contributed by atoms with Crippen LogP contribution < -0.4 is 9.47 Å². The average molecular weight is 379 g/mol. The number of carbonyl (C=O) groups excluding carboxylic acids is 1. The molecule has 7 nitrogen and oxygen atoms in total. The number of nitrogens with zero attached hydrogens (tertiary/aromatic N) is 3. The third-order valence-electron chi connectivity index (χ3n) is 4.10. The molecule has 1 amide bonds. The van der Waals surface area contributed by atoms with Gasteiger partial charge in [-0.1, -0.05) is 47.6 Å². The zero-order valence-corrected chi connectivity index (χ0v) is 15.8. The van der Waals surface area contributed by atoms with E-state index in [1.807, 2.05) is 30.3 Å². The monoisotopic (exact) mass is 379 g/mol. The fraction of sp³-hybridized carbons (Fsp3) is 0.190. The molecule has 28 heavy (non-hydrogen) atoms. The SMILES string of the molecule is C=CCN(Cc1nc(-c2ccccc2)no1)C(=O)c1cccc(OC)c1OC. The number of para-hydroxylation sites is 1. The van der Waals surface area contributed by atoms with Crippen molar-refractivity contribution < 1.29 is 18.8 Å². The summed E-state index contributed by atoms with van der Waals surface area (Å²) in [6.07, 6.45) is 1.64. The van der Waals surface area contributed by atoms with Gasteiger partial charge in [0.1, 0.15) is 6.54 Å². The Morgan fingerprint density at radius 3 is 2.61 bits per heavy atom. The van der Waals surface area contributed by atoms with E-state index in [1.54, 1.807) is 29.2 Å². The first-order valence-corrected chi connectivity index (χ1v) is 8.67. The summed E-state index contributed by atoms with van der Waals surface area (Å²) in [4.78, 5) is 19.1. The summed E-state index contributed by atoms with van der Waals surface area (Å²) in [6.45, 7) is 4.18. The molecule has 7 heteroatoms. The quantitative estimate of drug-likeness (QED) is 0.557. The van der Waals surface area contributed by atoms with E-state index in [9.17, 15) is 4.79 Å². The van der Waals surface area contributed by atoms with Crippen molar-refractivity contribution in [1.82, 2.24) is 15.0 Å². The molecule has 0 bridgehead atoms. The molecule has 3 rings (SSSR count). The maximum atomic E-state index is 13.1. The van der Waals surface area contributed by atoms with E-state index in [-0.39, 0.29) is 12.5 Å². The molecule has 2 aromatic carbocycles. The summed E-state index contributed by atoms with van der Waals surface area (Å²) >= 11 is 0. The number of benzene rings is 2. The fourth-order valence-electron chi connectivity index (χ4n) is 2.79. The minimum atomic E-state index is -0.255. The molecule has 0 saturated carbocycles. The summed E-state index contributed by atoms with van der Waals surface area (Å²) in [5, 5.41) is 4.00. The highest BCUT2D eigenvalue weighted by Gasteiger charge is 2.23. The molecule has 0 saturated heterocycles. The first-order chi connectivity index (χ1) is 13.7. The van der Waals surface area contributed by atoms with Crippen LogP contribution in [-0.2, 0) is 6.54 Å². The molecule has 3 aromatic rings. The zero-order valence-electron chi connectivity index (χ0n) is 15.8. The van der Waals surface area contributed by atoms with Gasteiger partial charge in [-0.25, -0.2) is 0 Å². The van der Waals surface area contributed by atoms with Gasteiger partial charge in [0.05, 0.1) is 19.8 Å². The van der Waals surface area contributed by atoms with E-state index in [0.717, 1.165) is 5.56 Å². The summed E-state index contributed by atoms with van der Waals surface area (Å²) < 4.78 is 16.0. The van der Waals surface area contributed by atoms with E-state index >= 15 is 0 Å². The summed E-state index contributed by atoms with van der Waals surface area (Å²) in [5.41, 5.74) is 1.22. The Balaban J connectivity index is 1.86. The fourth-order valence-corrected chi connectivity index (χ4v) is 2.79. The molecular formula is C21H21N3O4. The second-order valence-electron chi connectivity index (χ2n) is 5.89. The van der Waals surface area contributed by atoms with Gasteiger partial charge in [-0.3, -0.25) is 4.79 Å². The molecule has 0 atom stereocenters. The van der Waals surface area contributed by atoms with Crippen LogP contribution in [0.3, 0.4) is 0 Å². The van der Waals surface area contributed by atoms with E-state index < -0.39 is 0 Å². The van der Waals surface area contributed by atoms with Crippen LogP contribution in [-0.4, -0.2) is 41.7 Å². The molecule has 0 unspecified atom stereocenters. The Morgan fingerprint density at radius 2 is 1.93 bits per heavy atom. The van der Waals surface area contributed by atoms with Crippen molar-refractivity contribution in [3.63, 3.8) is 0 Å². The number of hydrogen-bond acceptors (Lipinski definition) is 6. The summed E-state index contributed by atoms with van der Waals surface area (Å²) in [6, 6.07) is 14.6. The van der Waals surface area contributed by atoms with Gasteiger partial charge in [0.2, 0.25) is 11.7 Å². The molecule has 144 valence electrons. The highest BCUT2D eigenvalue weighted by molar-refractivity contribution is 5.97. The van der Waals surface area contributed by atoms with Gasteiger partial charge in [-0.2, -0.15) is 4.98 Å². The normalized spacial score (nSPS) is 10.4. The topological polar surface area (TPSA) is 77.7 Å². The standard InChI is InChI=1S/C21H21N3O4/c1-4-13-24(21(25)16-11-8-12-17(26-2)19(16)27-3)14-18-22-20(23-28-18)15-9-6-5-7-10-15/h4-12H,1,13-14H2,2-3H3. The number of amides is 1. The lowest BCUT2D eigenvalue weighted by atomic mass is 10.1. The highest BCUT2D eigenvalue weighted by atomic mass is 16.5. The molecule has 0 aliphatic rings. The minimum absolute atomic E-state index is 0.144. The lowest BCUT2D eigenvalue weighted by molar-refractivity contribution is 0.0741. The van der Waals surface area contributed by atoms with Crippen LogP contribution in [0.4, 0.5) is 0 Å². The van der Waals surface area contributed by atoms with Crippen LogP contribution >= 0.6 is 0 Å². The van der Waals surface area contributed by atoms with Gasteiger partial charge in [-0.15, -0.1) is 6.58 Å². The summed E-state index contributed by atoms with van der Waals surface area (Å²) in [7, 11) is 3.02. The molecule has 0 radical (unpaired) electrons. The third-order valence-corrected chi connectivity index (χ3v) is 4.10. The average Bonchev–Trinajstić information content (AvgIpc) is 3.21. The first kappa shape index (κ1) is 19.2. The van der Waals surface area contributed by atoms with Gasteiger partial charge >= 0.3 is 0 Å². The van der Waals surface area contributed by atoms with Crippen molar-refractivity contribution in [3.8, 4) is 22.9 Å². The molecule has 0 fully saturated rings. The Kier molecular flexibility index (Phi) is 6.06. The van der Waals surface area contributed by atoms with E-state index in [4.69, 9.17) is 14.0 Å². The van der Waals surface area contributed by atoms with Crippen LogP contribution in [0, 0.1) is 0 Å². The van der Waals surface area contributed by atoms with Gasteiger partial charge in [0.25, 0.3) is 5.91 Å². The predicted octanol–water partition coefficient (Wildman–Crippen LogP) is 3.58. The van der Waals surface area contributed by atoms with Crippen LogP contribution in [0.15, 0.2) is 65.7 Å². The van der Waals surface area contributed by atoms with Crippen LogP contribution in [0.25, 0.3) is 11.4 Å². The highest BCUT2D eigenvalue weighted by Crippen LogP contribution is 2.31. The molecule has 0 spiro atoms. The van der Waals surface area contributed by atoms with Gasteiger partial charge in [0, 0.05) is 12.1 Å². The van der Waals surface area contributed by atoms with E-state index in [0.29, 0.717) is 35.3 Å². The maximum absolute atomic E-state index is 13.1.